The maximum Gasteiger partial charge on any atom is 0.251 e. The number of amides is 1. The van der Waals surface area contributed by atoms with Crippen LogP contribution in [0.25, 0.3) is 0 Å². The van der Waals surface area contributed by atoms with Crippen LogP contribution in [-0.2, 0) is 5.60 Å². The van der Waals surface area contributed by atoms with Crippen molar-refractivity contribution < 1.29 is 9.90 Å². The van der Waals surface area contributed by atoms with Crippen LogP contribution in [-0.4, -0.2) is 17.1 Å². The molecule has 1 aromatic rings. The first-order chi connectivity index (χ1) is 9.47. The fourth-order valence-corrected chi connectivity index (χ4v) is 2.73. The summed E-state index contributed by atoms with van der Waals surface area (Å²) in [6.45, 7) is 3.46. The van der Waals surface area contributed by atoms with Crippen molar-refractivity contribution in [2.75, 3.05) is 0 Å². The molecule has 1 amide bonds. The van der Waals surface area contributed by atoms with Crippen LogP contribution in [0, 0.1) is 0 Å². The van der Waals surface area contributed by atoms with E-state index in [2.05, 4.69) is 5.32 Å². The molecule has 0 radical (unpaired) electrons. The van der Waals surface area contributed by atoms with Crippen molar-refractivity contribution in [3.63, 3.8) is 0 Å². The van der Waals surface area contributed by atoms with Crippen molar-refractivity contribution in [1.29, 1.82) is 0 Å². The van der Waals surface area contributed by atoms with Crippen LogP contribution < -0.4 is 5.32 Å². The minimum atomic E-state index is -0.918. The molecular formula is C17H25NO2. The SMILES string of the molecule is CC(C)(O)c1cccc(C(=O)NC2CCCCCC2)c1. The topological polar surface area (TPSA) is 49.3 Å². The van der Waals surface area contributed by atoms with E-state index in [1.165, 1.54) is 25.7 Å². The standard InChI is InChI=1S/C17H25NO2/c1-17(2,20)14-9-7-8-13(12-14)16(19)18-15-10-5-3-4-6-11-15/h7-9,12,15,20H,3-6,10-11H2,1-2H3,(H,18,19). The maximum atomic E-state index is 12.3. The Kier molecular flexibility index (Phi) is 4.81. The van der Waals surface area contributed by atoms with E-state index in [9.17, 15) is 9.90 Å². The second kappa shape index (κ2) is 6.40. The van der Waals surface area contributed by atoms with Gasteiger partial charge < -0.3 is 10.4 Å². The first-order valence-electron chi connectivity index (χ1n) is 7.60. The molecule has 0 bridgehead atoms. The predicted molar refractivity (Wildman–Crippen MR) is 80.6 cm³/mol. The fraction of sp³-hybridized carbons (Fsp3) is 0.588. The van der Waals surface area contributed by atoms with Gasteiger partial charge in [0.05, 0.1) is 5.60 Å². The first-order valence-corrected chi connectivity index (χ1v) is 7.60. The molecule has 2 N–H and O–H groups in total. The van der Waals surface area contributed by atoms with E-state index < -0.39 is 5.60 Å². The van der Waals surface area contributed by atoms with Crippen LogP contribution in [0.4, 0.5) is 0 Å². The van der Waals surface area contributed by atoms with Crippen molar-refractivity contribution in [2.24, 2.45) is 0 Å². The Bertz CT molecular complexity index is 454. The lowest BCUT2D eigenvalue weighted by atomic mass is 9.96. The summed E-state index contributed by atoms with van der Waals surface area (Å²) in [5.74, 6) is -0.0250. The highest BCUT2D eigenvalue weighted by Gasteiger charge is 2.19. The largest absolute Gasteiger partial charge is 0.386 e. The number of hydrogen-bond acceptors (Lipinski definition) is 2. The number of carbonyl (C=O) groups excluding carboxylic acids is 1. The molecule has 0 heterocycles. The molecule has 1 fully saturated rings. The molecule has 1 aliphatic carbocycles. The smallest absolute Gasteiger partial charge is 0.251 e. The molecular weight excluding hydrogens is 250 g/mol. The number of benzene rings is 1. The minimum absolute atomic E-state index is 0.0250. The van der Waals surface area contributed by atoms with Crippen LogP contribution in [0.1, 0.15) is 68.3 Å². The average molecular weight is 275 g/mol. The van der Waals surface area contributed by atoms with Crippen molar-refractivity contribution in [3.05, 3.63) is 35.4 Å². The van der Waals surface area contributed by atoms with Gasteiger partial charge in [0.25, 0.3) is 5.91 Å². The Hall–Kier alpha value is -1.35. The van der Waals surface area contributed by atoms with Crippen LogP contribution in [0.15, 0.2) is 24.3 Å². The van der Waals surface area contributed by atoms with E-state index in [1.807, 2.05) is 12.1 Å². The second-order valence-electron chi connectivity index (χ2n) is 6.30. The second-order valence-corrected chi connectivity index (χ2v) is 6.30. The van der Waals surface area contributed by atoms with Gasteiger partial charge >= 0.3 is 0 Å². The molecule has 3 heteroatoms. The van der Waals surface area contributed by atoms with Crippen LogP contribution >= 0.6 is 0 Å². The molecule has 3 nitrogen and oxygen atoms in total. The van der Waals surface area contributed by atoms with Gasteiger partial charge in [0, 0.05) is 11.6 Å². The zero-order valence-corrected chi connectivity index (χ0v) is 12.5. The molecule has 0 atom stereocenters. The van der Waals surface area contributed by atoms with E-state index in [4.69, 9.17) is 0 Å². The average Bonchev–Trinajstić information content (AvgIpc) is 2.66. The molecule has 0 saturated heterocycles. The molecule has 0 unspecified atom stereocenters. The zero-order valence-electron chi connectivity index (χ0n) is 12.5. The Morgan fingerprint density at radius 1 is 1.20 bits per heavy atom. The van der Waals surface area contributed by atoms with Crippen molar-refractivity contribution in [3.8, 4) is 0 Å². The Balaban J connectivity index is 2.05. The van der Waals surface area contributed by atoms with Gasteiger partial charge in [0.2, 0.25) is 0 Å². The van der Waals surface area contributed by atoms with Gasteiger partial charge in [-0.1, -0.05) is 37.8 Å². The van der Waals surface area contributed by atoms with E-state index in [1.54, 1.807) is 26.0 Å². The molecule has 2 rings (SSSR count). The van der Waals surface area contributed by atoms with Gasteiger partial charge in [-0.25, -0.2) is 0 Å². The fourth-order valence-electron chi connectivity index (χ4n) is 2.73. The zero-order chi connectivity index (χ0) is 14.6. The summed E-state index contributed by atoms with van der Waals surface area (Å²) in [4.78, 5) is 12.3. The van der Waals surface area contributed by atoms with Gasteiger partial charge in [-0.05, 0) is 44.4 Å². The lowest BCUT2D eigenvalue weighted by Crippen LogP contribution is -2.34. The first kappa shape index (κ1) is 15.0. The summed E-state index contributed by atoms with van der Waals surface area (Å²) in [7, 11) is 0. The summed E-state index contributed by atoms with van der Waals surface area (Å²) < 4.78 is 0. The molecule has 110 valence electrons. The normalized spacial score (nSPS) is 17.6. The van der Waals surface area contributed by atoms with Crippen LogP contribution in [0.5, 0.6) is 0 Å². The summed E-state index contributed by atoms with van der Waals surface area (Å²) in [5, 5.41) is 13.2. The lowest BCUT2D eigenvalue weighted by molar-refractivity contribution is 0.0784. The van der Waals surface area contributed by atoms with Gasteiger partial charge in [-0.3, -0.25) is 4.79 Å². The quantitative estimate of drug-likeness (QED) is 0.831. The summed E-state index contributed by atoms with van der Waals surface area (Å²) >= 11 is 0. The third-order valence-electron chi connectivity index (χ3n) is 4.02. The monoisotopic (exact) mass is 275 g/mol. The molecule has 0 aliphatic heterocycles. The molecule has 1 aromatic carbocycles. The molecule has 0 spiro atoms. The lowest BCUT2D eigenvalue weighted by Gasteiger charge is -2.20. The van der Waals surface area contributed by atoms with E-state index in [-0.39, 0.29) is 5.91 Å². The highest BCUT2D eigenvalue weighted by Crippen LogP contribution is 2.21. The van der Waals surface area contributed by atoms with Gasteiger partial charge in [0.15, 0.2) is 0 Å². The molecule has 20 heavy (non-hydrogen) atoms. The number of rotatable bonds is 3. The predicted octanol–water partition coefficient (Wildman–Crippen LogP) is 3.37. The maximum absolute atomic E-state index is 12.3. The van der Waals surface area contributed by atoms with Gasteiger partial charge in [0.1, 0.15) is 0 Å². The van der Waals surface area contributed by atoms with Crippen LogP contribution in [0.3, 0.4) is 0 Å². The number of hydrogen-bond donors (Lipinski definition) is 2. The number of aliphatic hydroxyl groups is 1. The Labute approximate surface area is 121 Å². The molecule has 1 aliphatic rings. The Morgan fingerprint density at radius 2 is 1.85 bits per heavy atom. The van der Waals surface area contributed by atoms with Crippen molar-refractivity contribution >= 4 is 5.91 Å². The van der Waals surface area contributed by atoms with E-state index >= 15 is 0 Å². The van der Waals surface area contributed by atoms with Crippen LogP contribution in [0.2, 0.25) is 0 Å². The summed E-state index contributed by atoms with van der Waals surface area (Å²) in [5.41, 5.74) is 0.485. The van der Waals surface area contributed by atoms with E-state index in [0.717, 1.165) is 18.4 Å². The highest BCUT2D eigenvalue weighted by molar-refractivity contribution is 5.94. The van der Waals surface area contributed by atoms with Gasteiger partial charge in [-0.2, -0.15) is 0 Å². The van der Waals surface area contributed by atoms with Crippen molar-refractivity contribution in [2.45, 2.75) is 64.0 Å². The molecule has 0 aromatic heterocycles. The third-order valence-corrected chi connectivity index (χ3v) is 4.02. The minimum Gasteiger partial charge on any atom is -0.386 e. The Morgan fingerprint density at radius 3 is 2.45 bits per heavy atom. The third kappa shape index (κ3) is 4.07. The highest BCUT2D eigenvalue weighted by atomic mass is 16.3. The number of carbonyl (C=O) groups is 1. The molecule has 1 saturated carbocycles. The van der Waals surface area contributed by atoms with E-state index in [0.29, 0.717) is 11.6 Å². The van der Waals surface area contributed by atoms with Gasteiger partial charge in [-0.15, -0.1) is 0 Å². The number of nitrogens with one attached hydrogen (secondary N) is 1. The summed E-state index contributed by atoms with van der Waals surface area (Å²) in [6.07, 6.45) is 7.12. The van der Waals surface area contributed by atoms with Crippen molar-refractivity contribution in [1.82, 2.24) is 5.32 Å². The summed E-state index contributed by atoms with van der Waals surface area (Å²) in [6, 6.07) is 7.57.